The molecule has 0 aliphatic carbocycles. The number of amides is 3. The zero-order valence-corrected chi connectivity index (χ0v) is 13.5. The van der Waals surface area contributed by atoms with Crippen LogP contribution < -0.4 is 16.0 Å². The molecule has 2 rings (SSSR count). The summed E-state index contributed by atoms with van der Waals surface area (Å²) in [4.78, 5) is 36.1. The number of carbonyl (C=O) groups excluding carboxylic acids is 3. The maximum absolute atomic E-state index is 12.2. The molecule has 0 spiro atoms. The fraction of sp³-hybridized carbons (Fsp3) is 0.471. The molecule has 0 saturated heterocycles. The van der Waals surface area contributed by atoms with E-state index in [1.165, 1.54) is 0 Å². The van der Waals surface area contributed by atoms with E-state index >= 15 is 0 Å². The topological polar surface area (TPSA) is 87.3 Å². The van der Waals surface area contributed by atoms with Gasteiger partial charge in [-0.2, -0.15) is 0 Å². The third kappa shape index (κ3) is 4.81. The average Bonchev–Trinajstić information content (AvgIpc) is 2.62. The van der Waals surface area contributed by atoms with Gasteiger partial charge in [-0.15, -0.1) is 0 Å². The Morgan fingerprint density at radius 1 is 1.26 bits per heavy atom. The molecule has 1 heterocycles. The summed E-state index contributed by atoms with van der Waals surface area (Å²) in [5.41, 5.74) is 0.934. The highest BCUT2D eigenvalue weighted by molar-refractivity contribution is 6.09. The van der Waals surface area contributed by atoms with Gasteiger partial charge in [0.1, 0.15) is 6.04 Å². The van der Waals surface area contributed by atoms with E-state index < -0.39 is 6.04 Å². The Balaban J connectivity index is 1.88. The fourth-order valence-electron chi connectivity index (χ4n) is 2.38. The van der Waals surface area contributed by atoms with Gasteiger partial charge in [-0.3, -0.25) is 14.4 Å². The largest absolute Gasteiger partial charge is 0.356 e. The van der Waals surface area contributed by atoms with Crippen molar-refractivity contribution in [3.8, 4) is 0 Å². The van der Waals surface area contributed by atoms with Gasteiger partial charge >= 0.3 is 0 Å². The van der Waals surface area contributed by atoms with Crippen LogP contribution in [0.1, 0.15) is 43.5 Å². The van der Waals surface area contributed by atoms with Crippen LogP contribution >= 0.6 is 0 Å². The molecule has 124 valence electrons. The number of carbonyl (C=O) groups is 3. The molecule has 6 heteroatoms. The summed E-state index contributed by atoms with van der Waals surface area (Å²) in [6.45, 7) is 4.82. The molecule has 3 N–H and O–H groups in total. The first-order valence-electron chi connectivity index (χ1n) is 7.95. The minimum Gasteiger partial charge on any atom is -0.356 e. The number of hydrogen-bond acceptors (Lipinski definition) is 3. The lowest BCUT2D eigenvalue weighted by atomic mass is 10.1. The van der Waals surface area contributed by atoms with E-state index in [2.05, 4.69) is 29.8 Å². The predicted octanol–water partition coefficient (Wildman–Crippen LogP) is 1.68. The van der Waals surface area contributed by atoms with Gasteiger partial charge in [0.15, 0.2) is 0 Å². The second-order valence-corrected chi connectivity index (χ2v) is 6.13. The van der Waals surface area contributed by atoms with Gasteiger partial charge in [0.05, 0.1) is 11.3 Å². The molecule has 1 aliphatic rings. The molecule has 0 bridgehead atoms. The smallest absolute Gasteiger partial charge is 0.254 e. The Morgan fingerprint density at radius 2 is 2.00 bits per heavy atom. The van der Waals surface area contributed by atoms with Gasteiger partial charge in [-0.05, 0) is 30.9 Å². The molecule has 6 nitrogen and oxygen atoms in total. The molecular formula is C17H23N3O3. The van der Waals surface area contributed by atoms with Crippen molar-refractivity contribution in [2.75, 3.05) is 11.9 Å². The number of benzene rings is 1. The van der Waals surface area contributed by atoms with Gasteiger partial charge in [0.25, 0.3) is 5.91 Å². The highest BCUT2D eigenvalue weighted by atomic mass is 16.2. The molecule has 1 aromatic carbocycles. The van der Waals surface area contributed by atoms with Crippen LogP contribution in [-0.2, 0) is 9.59 Å². The first-order chi connectivity index (χ1) is 11.0. The van der Waals surface area contributed by atoms with Crippen molar-refractivity contribution in [1.29, 1.82) is 0 Å². The van der Waals surface area contributed by atoms with Gasteiger partial charge in [0.2, 0.25) is 11.8 Å². The Morgan fingerprint density at radius 3 is 2.74 bits per heavy atom. The molecule has 0 radical (unpaired) electrons. The molecular weight excluding hydrogens is 294 g/mol. The van der Waals surface area contributed by atoms with Gasteiger partial charge in [0, 0.05) is 13.0 Å². The second kappa shape index (κ2) is 7.76. The average molecular weight is 317 g/mol. The second-order valence-electron chi connectivity index (χ2n) is 6.13. The Hall–Kier alpha value is -2.37. The van der Waals surface area contributed by atoms with Crippen molar-refractivity contribution in [2.45, 2.75) is 39.2 Å². The summed E-state index contributed by atoms with van der Waals surface area (Å²) < 4.78 is 0. The number of rotatable bonds is 6. The highest BCUT2D eigenvalue weighted by Gasteiger charge is 2.27. The minimum atomic E-state index is -0.703. The van der Waals surface area contributed by atoms with E-state index in [1.54, 1.807) is 24.3 Å². The summed E-state index contributed by atoms with van der Waals surface area (Å²) in [5, 5.41) is 8.24. The summed E-state index contributed by atoms with van der Waals surface area (Å²) >= 11 is 0. The van der Waals surface area contributed by atoms with E-state index in [-0.39, 0.29) is 30.6 Å². The van der Waals surface area contributed by atoms with E-state index in [4.69, 9.17) is 0 Å². The maximum Gasteiger partial charge on any atom is 0.254 e. The van der Waals surface area contributed by atoms with E-state index in [0.717, 1.165) is 6.42 Å². The lowest BCUT2D eigenvalue weighted by molar-refractivity contribution is -0.121. The summed E-state index contributed by atoms with van der Waals surface area (Å²) in [7, 11) is 0. The standard InChI is InChI=1S/C17H23N3O3/c1-11(2)9-10-18-15(21)8-7-14-17(23)19-13-6-4-3-5-12(13)16(22)20-14/h3-6,11,14H,7-10H2,1-2H3,(H,18,21)(H,19,23)(H,20,22). The van der Waals surface area contributed by atoms with Crippen LogP contribution in [-0.4, -0.2) is 30.3 Å². The van der Waals surface area contributed by atoms with Crippen molar-refractivity contribution in [1.82, 2.24) is 10.6 Å². The third-order valence-electron chi connectivity index (χ3n) is 3.76. The first kappa shape index (κ1) is 17.0. The van der Waals surface area contributed by atoms with Crippen LogP contribution in [0.25, 0.3) is 0 Å². The first-order valence-corrected chi connectivity index (χ1v) is 7.95. The third-order valence-corrected chi connectivity index (χ3v) is 3.76. The van der Waals surface area contributed by atoms with Crippen LogP contribution in [0.2, 0.25) is 0 Å². The van der Waals surface area contributed by atoms with Crippen LogP contribution in [0.5, 0.6) is 0 Å². The van der Waals surface area contributed by atoms with Crippen molar-refractivity contribution in [3.63, 3.8) is 0 Å². The molecule has 0 fully saturated rings. The number of para-hydroxylation sites is 1. The molecule has 0 saturated carbocycles. The maximum atomic E-state index is 12.2. The van der Waals surface area contributed by atoms with Crippen LogP contribution in [0.4, 0.5) is 5.69 Å². The van der Waals surface area contributed by atoms with Crippen molar-refractivity contribution in [2.24, 2.45) is 5.92 Å². The molecule has 1 unspecified atom stereocenters. The van der Waals surface area contributed by atoms with Gasteiger partial charge < -0.3 is 16.0 Å². The number of fused-ring (bicyclic) bond motifs is 1. The van der Waals surface area contributed by atoms with Crippen LogP contribution in [0.3, 0.4) is 0 Å². The van der Waals surface area contributed by atoms with Crippen LogP contribution in [0.15, 0.2) is 24.3 Å². The molecule has 3 amide bonds. The number of hydrogen-bond donors (Lipinski definition) is 3. The van der Waals surface area contributed by atoms with Crippen molar-refractivity contribution < 1.29 is 14.4 Å². The van der Waals surface area contributed by atoms with E-state index in [1.807, 2.05) is 0 Å². The molecule has 23 heavy (non-hydrogen) atoms. The molecule has 0 aromatic heterocycles. The summed E-state index contributed by atoms with van der Waals surface area (Å²) in [6, 6.07) is 6.15. The Bertz CT molecular complexity index is 599. The monoisotopic (exact) mass is 317 g/mol. The van der Waals surface area contributed by atoms with Crippen molar-refractivity contribution in [3.05, 3.63) is 29.8 Å². The highest BCUT2D eigenvalue weighted by Crippen LogP contribution is 2.19. The zero-order chi connectivity index (χ0) is 16.8. The van der Waals surface area contributed by atoms with Gasteiger partial charge in [-0.25, -0.2) is 0 Å². The lowest BCUT2D eigenvalue weighted by Crippen LogP contribution is -2.42. The van der Waals surface area contributed by atoms with Crippen LogP contribution in [0, 0.1) is 5.92 Å². The van der Waals surface area contributed by atoms with E-state index in [9.17, 15) is 14.4 Å². The van der Waals surface area contributed by atoms with E-state index in [0.29, 0.717) is 23.7 Å². The predicted molar refractivity (Wildman–Crippen MR) is 88.0 cm³/mol. The fourth-order valence-corrected chi connectivity index (χ4v) is 2.38. The Kier molecular flexibility index (Phi) is 5.73. The Labute approximate surface area is 136 Å². The summed E-state index contributed by atoms with van der Waals surface area (Å²) in [5.74, 6) is -0.169. The lowest BCUT2D eigenvalue weighted by Gasteiger charge is -2.14. The molecule has 1 aliphatic heterocycles. The quantitative estimate of drug-likeness (QED) is 0.746. The molecule has 1 atom stereocenters. The zero-order valence-electron chi connectivity index (χ0n) is 13.5. The minimum absolute atomic E-state index is 0.102. The number of nitrogens with one attached hydrogen (secondary N) is 3. The normalized spacial score (nSPS) is 17.1. The summed E-state index contributed by atoms with van der Waals surface area (Å²) in [6.07, 6.45) is 1.40. The van der Waals surface area contributed by atoms with Gasteiger partial charge in [-0.1, -0.05) is 26.0 Å². The van der Waals surface area contributed by atoms with Crippen molar-refractivity contribution >= 4 is 23.4 Å². The SMILES string of the molecule is CC(C)CCNC(=O)CCC1NC(=O)c2ccccc2NC1=O. The number of anilines is 1. The molecule has 1 aromatic rings.